The number of aryl methyl sites for hydroxylation is 1. The van der Waals surface area contributed by atoms with Crippen LogP contribution in [0.15, 0.2) is 24.3 Å². The van der Waals surface area contributed by atoms with Gasteiger partial charge >= 0.3 is 0 Å². The van der Waals surface area contributed by atoms with Gasteiger partial charge in [-0.05, 0) is 30.6 Å². The average molecular weight is 206 g/mol. The maximum atomic E-state index is 5.23. The number of ether oxygens (including phenoxy) is 1. The van der Waals surface area contributed by atoms with Gasteiger partial charge in [-0.25, -0.2) is 4.98 Å². The minimum Gasteiger partial charge on any atom is -0.496 e. The number of nitrogens with zero attached hydrogens (tertiary/aromatic N) is 2. The monoisotopic (exact) mass is 206 g/mol. The fourth-order valence-corrected chi connectivity index (χ4v) is 1.72. The standard InChI is InChI=1S/C10H10N2OS/c1-7-11-10(12-14-7)8-5-3-4-6-9(8)13-2/h3-6H,1-2H3. The molecular formula is C10H10N2OS. The Morgan fingerprint density at radius 3 is 2.71 bits per heavy atom. The highest BCUT2D eigenvalue weighted by Crippen LogP contribution is 2.27. The molecule has 72 valence electrons. The SMILES string of the molecule is COc1ccccc1-c1nsc(C)n1. The van der Waals surface area contributed by atoms with Gasteiger partial charge in [-0.1, -0.05) is 12.1 Å². The Kier molecular flexibility index (Phi) is 2.45. The zero-order valence-corrected chi connectivity index (χ0v) is 8.84. The first-order valence-corrected chi connectivity index (χ1v) is 5.02. The van der Waals surface area contributed by atoms with Crippen LogP contribution in [0.1, 0.15) is 5.01 Å². The van der Waals surface area contributed by atoms with Gasteiger partial charge < -0.3 is 4.74 Å². The highest BCUT2D eigenvalue weighted by molar-refractivity contribution is 7.05. The number of para-hydroxylation sites is 1. The minimum atomic E-state index is 0.741. The summed E-state index contributed by atoms with van der Waals surface area (Å²) in [6.07, 6.45) is 0. The van der Waals surface area contributed by atoms with Crippen molar-refractivity contribution < 1.29 is 4.74 Å². The lowest BCUT2D eigenvalue weighted by Crippen LogP contribution is -1.88. The Morgan fingerprint density at radius 1 is 1.29 bits per heavy atom. The van der Waals surface area contributed by atoms with Crippen LogP contribution in [0.5, 0.6) is 5.75 Å². The molecule has 0 aliphatic carbocycles. The normalized spacial score (nSPS) is 10.1. The van der Waals surface area contributed by atoms with Crippen LogP contribution < -0.4 is 4.74 Å². The third-order valence-corrected chi connectivity index (χ3v) is 2.50. The van der Waals surface area contributed by atoms with E-state index in [4.69, 9.17) is 4.74 Å². The van der Waals surface area contributed by atoms with Crippen molar-refractivity contribution in [3.63, 3.8) is 0 Å². The van der Waals surface area contributed by atoms with Gasteiger partial charge in [0.05, 0.1) is 12.7 Å². The predicted octanol–water partition coefficient (Wildman–Crippen LogP) is 2.52. The van der Waals surface area contributed by atoms with Crippen LogP contribution in [0.4, 0.5) is 0 Å². The summed E-state index contributed by atoms with van der Waals surface area (Å²) in [6, 6.07) is 7.75. The summed E-state index contributed by atoms with van der Waals surface area (Å²) >= 11 is 1.40. The minimum absolute atomic E-state index is 0.741. The quantitative estimate of drug-likeness (QED) is 0.757. The van der Waals surface area contributed by atoms with E-state index in [-0.39, 0.29) is 0 Å². The van der Waals surface area contributed by atoms with E-state index in [1.807, 2.05) is 31.2 Å². The van der Waals surface area contributed by atoms with Gasteiger partial charge in [0, 0.05) is 0 Å². The second kappa shape index (κ2) is 3.75. The lowest BCUT2D eigenvalue weighted by molar-refractivity contribution is 0.416. The molecule has 0 amide bonds. The van der Waals surface area contributed by atoms with E-state index in [0.29, 0.717) is 0 Å². The molecule has 0 bridgehead atoms. The maximum Gasteiger partial charge on any atom is 0.176 e. The number of hydrogen-bond donors (Lipinski definition) is 0. The first-order valence-electron chi connectivity index (χ1n) is 4.25. The van der Waals surface area contributed by atoms with E-state index in [1.54, 1.807) is 7.11 Å². The largest absolute Gasteiger partial charge is 0.496 e. The van der Waals surface area contributed by atoms with E-state index in [2.05, 4.69) is 9.36 Å². The second-order valence-corrected chi connectivity index (χ2v) is 3.79. The molecule has 1 aromatic heterocycles. The third kappa shape index (κ3) is 1.61. The van der Waals surface area contributed by atoms with Crippen molar-refractivity contribution in [2.24, 2.45) is 0 Å². The number of benzene rings is 1. The predicted molar refractivity (Wildman–Crippen MR) is 56.6 cm³/mol. The molecule has 0 aliphatic rings. The van der Waals surface area contributed by atoms with Crippen LogP contribution in [-0.4, -0.2) is 16.5 Å². The van der Waals surface area contributed by atoms with E-state index in [9.17, 15) is 0 Å². The second-order valence-electron chi connectivity index (χ2n) is 2.84. The fourth-order valence-electron chi connectivity index (χ4n) is 1.24. The smallest absolute Gasteiger partial charge is 0.176 e. The van der Waals surface area contributed by atoms with E-state index in [1.165, 1.54) is 11.5 Å². The van der Waals surface area contributed by atoms with Crippen LogP contribution in [0.25, 0.3) is 11.4 Å². The van der Waals surface area contributed by atoms with Gasteiger partial charge in [-0.3, -0.25) is 0 Å². The van der Waals surface area contributed by atoms with Gasteiger partial charge in [0.1, 0.15) is 10.8 Å². The van der Waals surface area contributed by atoms with Crippen molar-refractivity contribution in [1.29, 1.82) is 0 Å². The molecule has 0 N–H and O–H groups in total. The number of methoxy groups -OCH3 is 1. The Bertz CT molecular complexity index is 439. The molecule has 2 rings (SSSR count). The summed E-state index contributed by atoms with van der Waals surface area (Å²) in [4.78, 5) is 4.32. The van der Waals surface area contributed by atoms with Crippen molar-refractivity contribution in [2.75, 3.05) is 7.11 Å². The first-order chi connectivity index (χ1) is 6.81. The van der Waals surface area contributed by atoms with Crippen molar-refractivity contribution in [2.45, 2.75) is 6.92 Å². The topological polar surface area (TPSA) is 35.0 Å². The fraction of sp³-hybridized carbons (Fsp3) is 0.200. The molecule has 0 fully saturated rings. The van der Waals surface area contributed by atoms with Crippen LogP contribution >= 0.6 is 11.5 Å². The van der Waals surface area contributed by atoms with Crippen molar-refractivity contribution in [1.82, 2.24) is 9.36 Å². The van der Waals surface area contributed by atoms with E-state index in [0.717, 1.165) is 22.1 Å². The molecule has 0 atom stereocenters. The molecule has 0 saturated carbocycles. The van der Waals surface area contributed by atoms with Crippen LogP contribution in [0, 0.1) is 6.92 Å². The molecule has 0 radical (unpaired) electrons. The summed E-state index contributed by atoms with van der Waals surface area (Å²) < 4.78 is 9.48. The molecule has 3 nitrogen and oxygen atoms in total. The summed E-state index contributed by atoms with van der Waals surface area (Å²) in [6.45, 7) is 1.94. The molecule has 14 heavy (non-hydrogen) atoms. The Balaban J connectivity index is 2.50. The van der Waals surface area contributed by atoms with Crippen molar-refractivity contribution >= 4 is 11.5 Å². The summed E-state index contributed by atoms with van der Waals surface area (Å²) in [5.41, 5.74) is 0.944. The molecule has 0 saturated heterocycles. The van der Waals surface area contributed by atoms with Gasteiger partial charge in [-0.2, -0.15) is 4.37 Å². The van der Waals surface area contributed by atoms with Gasteiger partial charge in [0.15, 0.2) is 5.82 Å². The van der Waals surface area contributed by atoms with Gasteiger partial charge in [0.2, 0.25) is 0 Å². The Hall–Kier alpha value is -1.42. The molecule has 0 aliphatic heterocycles. The lowest BCUT2D eigenvalue weighted by atomic mass is 10.2. The molecular weight excluding hydrogens is 196 g/mol. The zero-order valence-electron chi connectivity index (χ0n) is 8.02. The molecule has 0 spiro atoms. The number of aromatic nitrogens is 2. The maximum absolute atomic E-state index is 5.23. The van der Waals surface area contributed by atoms with Crippen LogP contribution in [0.2, 0.25) is 0 Å². The molecule has 2 aromatic rings. The first kappa shape index (κ1) is 9.15. The number of hydrogen-bond acceptors (Lipinski definition) is 4. The average Bonchev–Trinajstić information content (AvgIpc) is 2.65. The number of rotatable bonds is 2. The Labute approximate surface area is 86.6 Å². The van der Waals surface area contributed by atoms with Gasteiger partial charge in [0.25, 0.3) is 0 Å². The summed E-state index contributed by atoms with van der Waals surface area (Å²) in [7, 11) is 1.65. The highest BCUT2D eigenvalue weighted by Gasteiger charge is 2.08. The van der Waals surface area contributed by atoms with Crippen molar-refractivity contribution in [3.8, 4) is 17.1 Å². The van der Waals surface area contributed by atoms with E-state index < -0.39 is 0 Å². The molecule has 0 unspecified atom stereocenters. The molecule has 1 aromatic carbocycles. The van der Waals surface area contributed by atoms with Crippen LogP contribution in [-0.2, 0) is 0 Å². The highest BCUT2D eigenvalue weighted by atomic mass is 32.1. The Morgan fingerprint density at radius 2 is 2.07 bits per heavy atom. The summed E-state index contributed by atoms with van der Waals surface area (Å²) in [5.74, 6) is 1.55. The van der Waals surface area contributed by atoms with Crippen LogP contribution in [0.3, 0.4) is 0 Å². The van der Waals surface area contributed by atoms with E-state index >= 15 is 0 Å². The molecule has 4 heteroatoms. The lowest BCUT2D eigenvalue weighted by Gasteiger charge is -2.03. The van der Waals surface area contributed by atoms with Crippen molar-refractivity contribution in [3.05, 3.63) is 29.3 Å². The zero-order chi connectivity index (χ0) is 9.97. The van der Waals surface area contributed by atoms with Gasteiger partial charge in [-0.15, -0.1) is 0 Å². The molecule has 1 heterocycles. The third-order valence-electron chi connectivity index (χ3n) is 1.88. The summed E-state index contributed by atoms with van der Waals surface area (Å²) in [5, 5.41) is 0.964.